The molecule has 0 spiro atoms. The van der Waals surface area contributed by atoms with Gasteiger partial charge in [-0.3, -0.25) is 0 Å². The first-order chi connectivity index (χ1) is 16.4. The summed E-state index contributed by atoms with van der Waals surface area (Å²) < 4.78 is 34.9. The Morgan fingerprint density at radius 2 is 1.56 bits per heavy atom. The zero-order chi connectivity index (χ0) is 24.6. The Morgan fingerprint density at radius 1 is 0.912 bits per heavy atom. The molecule has 5 nitrogen and oxygen atoms in total. The first-order valence-corrected chi connectivity index (χ1v) is 14.2. The monoisotopic (exact) mass is 484 g/mol. The Morgan fingerprint density at radius 3 is 2.18 bits per heavy atom. The standard InChI is InChI=1S/C28H40N2O3S/c1-5-7-17-29(18-8-6-2)19-11-21-33-25-13-15-26(16-14-25)34(31,32)28-27(23(3)4)22-24-12-9-10-20-30(24)28/h9-10,12-16,20,22-23H,5-8,11,17-19,21H2,1-4H3. The van der Waals surface area contributed by atoms with Crippen LogP contribution in [0.1, 0.15) is 71.3 Å². The second-order valence-electron chi connectivity index (χ2n) is 9.28. The fourth-order valence-corrected chi connectivity index (χ4v) is 5.97. The van der Waals surface area contributed by atoms with Gasteiger partial charge in [0, 0.05) is 18.3 Å². The summed E-state index contributed by atoms with van der Waals surface area (Å²) in [6.07, 6.45) is 7.67. The van der Waals surface area contributed by atoms with E-state index in [9.17, 15) is 8.42 Å². The number of nitrogens with zero attached hydrogens (tertiary/aromatic N) is 2. The molecule has 6 heteroatoms. The first-order valence-electron chi connectivity index (χ1n) is 12.7. The van der Waals surface area contributed by atoms with Gasteiger partial charge in [-0.1, -0.05) is 46.6 Å². The lowest BCUT2D eigenvalue weighted by atomic mass is 10.1. The summed E-state index contributed by atoms with van der Waals surface area (Å²) >= 11 is 0. The zero-order valence-corrected chi connectivity index (χ0v) is 22.0. The van der Waals surface area contributed by atoms with Crippen LogP contribution in [0.4, 0.5) is 0 Å². The zero-order valence-electron chi connectivity index (χ0n) is 21.2. The average molecular weight is 485 g/mol. The molecule has 2 aromatic heterocycles. The molecule has 0 amide bonds. The van der Waals surface area contributed by atoms with Crippen molar-refractivity contribution in [2.45, 2.75) is 75.6 Å². The van der Waals surface area contributed by atoms with Crippen molar-refractivity contribution >= 4 is 15.4 Å². The van der Waals surface area contributed by atoms with Gasteiger partial charge in [-0.05, 0) is 86.3 Å². The largest absolute Gasteiger partial charge is 0.494 e. The molecule has 3 aromatic rings. The Labute approximate surface area is 205 Å². The van der Waals surface area contributed by atoms with Crippen molar-refractivity contribution in [1.29, 1.82) is 0 Å². The molecule has 0 atom stereocenters. The van der Waals surface area contributed by atoms with E-state index in [0.717, 1.165) is 37.1 Å². The van der Waals surface area contributed by atoms with Crippen molar-refractivity contribution in [3.05, 3.63) is 60.3 Å². The Bertz CT molecular complexity index is 1130. The van der Waals surface area contributed by atoms with Gasteiger partial charge in [0.2, 0.25) is 9.84 Å². The minimum Gasteiger partial charge on any atom is -0.494 e. The third-order valence-electron chi connectivity index (χ3n) is 6.21. The molecule has 0 saturated heterocycles. The number of pyridine rings is 1. The first kappa shape index (κ1) is 26.3. The van der Waals surface area contributed by atoms with Gasteiger partial charge in [0.15, 0.2) is 0 Å². The van der Waals surface area contributed by atoms with Crippen LogP contribution in [0.5, 0.6) is 5.75 Å². The second kappa shape index (κ2) is 12.4. The quantitative estimate of drug-likeness (QED) is 0.243. The third-order valence-corrected chi connectivity index (χ3v) is 8.05. The molecule has 3 rings (SSSR count). The van der Waals surface area contributed by atoms with Crippen LogP contribution in [0.2, 0.25) is 0 Å². The van der Waals surface area contributed by atoms with Crippen LogP contribution in [0.15, 0.2) is 64.6 Å². The van der Waals surface area contributed by atoms with Crippen molar-refractivity contribution in [2.75, 3.05) is 26.2 Å². The topological polar surface area (TPSA) is 51.0 Å². The van der Waals surface area contributed by atoms with Gasteiger partial charge >= 0.3 is 0 Å². The molecule has 2 heterocycles. The summed E-state index contributed by atoms with van der Waals surface area (Å²) in [5.74, 6) is 0.804. The Balaban J connectivity index is 1.66. The average Bonchev–Trinajstić information content (AvgIpc) is 3.24. The fraction of sp³-hybridized carbons (Fsp3) is 0.500. The molecule has 0 fully saturated rings. The lowest BCUT2D eigenvalue weighted by Crippen LogP contribution is -2.28. The highest BCUT2D eigenvalue weighted by atomic mass is 32.2. The van der Waals surface area contributed by atoms with E-state index in [1.807, 2.05) is 44.3 Å². The minimum atomic E-state index is -3.67. The summed E-state index contributed by atoms with van der Waals surface area (Å²) in [5, 5.41) is 0.353. The number of sulfone groups is 1. The normalized spacial score (nSPS) is 12.2. The van der Waals surface area contributed by atoms with Crippen LogP contribution in [0.3, 0.4) is 0 Å². The fourth-order valence-electron chi connectivity index (χ4n) is 4.22. The number of aromatic nitrogens is 1. The molecular formula is C28H40N2O3S. The number of ether oxygens (including phenoxy) is 1. The third kappa shape index (κ3) is 6.42. The molecule has 0 unspecified atom stereocenters. The molecule has 0 aliphatic rings. The predicted molar refractivity (Wildman–Crippen MR) is 140 cm³/mol. The molecular weight excluding hydrogens is 444 g/mol. The maximum Gasteiger partial charge on any atom is 0.222 e. The van der Waals surface area contributed by atoms with Crippen molar-refractivity contribution in [3.63, 3.8) is 0 Å². The lowest BCUT2D eigenvalue weighted by Gasteiger charge is -2.21. The highest BCUT2D eigenvalue weighted by molar-refractivity contribution is 7.91. The summed E-state index contributed by atoms with van der Waals surface area (Å²) in [5.41, 5.74) is 1.72. The van der Waals surface area contributed by atoms with Crippen LogP contribution in [0.25, 0.3) is 5.52 Å². The number of hydrogen-bond acceptors (Lipinski definition) is 4. The van der Waals surface area contributed by atoms with Crippen LogP contribution >= 0.6 is 0 Å². The van der Waals surface area contributed by atoms with E-state index >= 15 is 0 Å². The van der Waals surface area contributed by atoms with Gasteiger partial charge in [-0.15, -0.1) is 0 Å². The van der Waals surface area contributed by atoms with E-state index in [1.165, 1.54) is 25.7 Å². The van der Waals surface area contributed by atoms with Gasteiger partial charge in [-0.2, -0.15) is 0 Å². The van der Waals surface area contributed by atoms with Crippen LogP contribution in [0, 0.1) is 0 Å². The van der Waals surface area contributed by atoms with Gasteiger partial charge in [0.05, 0.1) is 11.5 Å². The molecule has 0 aliphatic carbocycles. The molecule has 186 valence electrons. The van der Waals surface area contributed by atoms with E-state index in [0.29, 0.717) is 17.4 Å². The molecule has 0 aliphatic heterocycles. The minimum absolute atomic E-state index is 0.0986. The van der Waals surface area contributed by atoms with Gasteiger partial charge in [0.25, 0.3) is 0 Å². The SMILES string of the molecule is CCCCN(CCCC)CCCOc1ccc(S(=O)(=O)c2c(C(C)C)cc3ccccn23)cc1. The summed E-state index contributed by atoms with van der Waals surface area (Å²) in [7, 11) is -3.67. The van der Waals surface area contributed by atoms with E-state index in [-0.39, 0.29) is 10.8 Å². The number of hydrogen-bond donors (Lipinski definition) is 0. The molecule has 0 N–H and O–H groups in total. The summed E-state index contributed by atoms with van der Waals surface area (Å²) in [4.78, 5) is 2.82. The van der Waals surface area contributed by atoms with Crippen molar-refractivity contribution < 1.29 is 13.2 Å². The van der Waals surface area contributed by atoms with Gasteiger partial charge < -0.3 is 14.0 Å². The smallest absolute Gasteiger partial charge is 0.222 e. The summed E-state index contributed by atoms with van der Waals surface area (Å²) in [6.45, 7) is 12.5. The molecule has 1 aromatic carbocycles. The molecule has 34 heavy (non-hydrogen) atoms. The second-order valence-corrected chi connectivity index (χ2v) is 11.1. The summed E-state index contributed by atoms with van der Waals surface area (Å²) in [6, 6.07) is 14.5. The number of fused-ring (bicyclic) bond motifs is 1. The highest BCUT2D eigenvalue weighted by Gasteiger charge is 2.27. The van der Waals surface area contributed by atoms with E-state index in [1.54, 1.807) is 28.7 Å². The maximum absolute atomic E-state index is 13.6. The van der Waals surface area contributed by atoms with E-state index in [2.05, 4.69) is 18.7 Å². The maximum atomic E-state index is 13.6. The van der Waals surface area contributed by atoms with Gasteiger partial charge in [0.1, 0.15) is 10.8 Å². The number of rotatable bonds is 14. The van der Waals surface area contributed by atoms with E-state index < -0.39 is 9.84 Å². The van der Waals surface area contributed by atoms with Gasteiger partial charge in [-0.25, -0.2) is 8.42 Å². The highest BCUT2D eigenvalue weighted by Crippen LogP contribution is 2.32. The molecule has 0 bridgehead atoms. The number of unbranched alkanes of at least 4 members (excludes halogenated alkanes) is 2. The van der Waals surface area contributed by atoms with E-state index in [4.69, 9.17) is 4.74 Å². The van der Waals surface area contributed by atoms with Crippen LogP contribution < -0.4 is 4.74 Å². The predicted octanol–water partition coefficient (Wildman–Crippen LogP) is 6.57. The lowest BCUT2D eigenvalue weighted by molar-refractivity contribution is 0.229. The van der Waals surface area contributed by atoms with Crippen molar-refractivity contribution in [3.8, 4) is 5.75 Å². The van der Waals surface area contributed by atoms with Crippen LogP contribution in [-0.2, 0) is 9.84 Å². The Hall–Kier alpha value is -2.31. The molecule has 0 saturated carbocycles. The molecule has 0 radical (unpaired) electrons. The number of benzene rings is 1. The van der Waals surface area contributed by atoms with Crippen molar-refractivity contribution in [2.24, 2.45) is 0 Å². The Kier molecular flexibility index (Phi) is 9.60. The van der Waals surface area contributed by atoms with Crippen LogP contribution in [-0.4, -0.2) is 44.0 Å². The van der Waals surface area contributed by atoms with Crippen molar-refractivity contribution in [1.82, 2.24) is 9.30 Å².